The molecule has 0 unspecified atom stereocenters. The van der Waals surface area contributed by atoms with Crippen LogP contribution in [0.1, 0.15) is 80.6 Å². The molecule has 1 aliphatic rings. The van der Waals surface area contributed by atoms with Crippen molar-refractivity contribution in [1.29, 1.82) is 0 Å². The monoisotopic (exact) mass is 758 g/mol. The molecule has 14 nitrogen and oxygen atoms in total. The van der Waals surface area contributed by atoms with Crippen molar-refractivity contribution in [2.75, 3.05) is 13.1 Å². The van der Waals surface area contributed by atoms with E-state index in [1.165, 1.54) is 47.4 Å². The first-order chi connectivity index (χ1) is 26.9. The Labute approximate surface area is 319 Å². The van der Waals surface area contributed by atoms with Crippen molar-refractivity contribution >= 4 is 35.5 Å². The number of carboxylic acids is 1. The molecule has 1 aliphatic heterocycles. The summed E-state index contributed by atoms with van der Waals surface area (Å²) < 4.78 is 11.5. The molecule has 1 heterocycles. The Morgan fingerprint density at radius 2 is 1.32 bits per heavy atom. The van der Waals surface area contributed by atoms with Gasteiger partial charge in [0.2, 0.25) is 5.78 Å². The molecule has 0 aliphatic carbocycles. The van der Waals surface area contributed by atoms with Gasteiger partial charge in [0.15, 0.2) is 0 Å². The van der Waals surface area contributed by atoms with Crippen LogP contribution >= 0.6 is 0 Å². The van der Waals surface area contributed by atoms with Gasteiger partial charge in [0.05, 0.1) is 28.3 Å². The highest BCUT2D eigenvalue weighted by Gasteiger charge is 2.35. The smallest absolute Gasteiger partial charge is 0.343 e. The van der Waals surface area contributed by atoms with Crippen molar-refractivity contribution in [2.45, 2.75) is 25.0 Å². The largest absolute Gasteiger partial charge is 0.508 e. The third kappa shape index (κ3) is 8.50. The number of nitrogens with zero attached hydrogens (tertiary/aromatic N) is 1. The molecule has 0 saturated carbocycles. The number of phenols is 3. The summed E-state index contributed by atoms with van der Waals surface area (Å²) in [4.78, 5) is 81.4. The molecule has 5 N–H and O–H groups in total. The minimum Gasteiger partial charge on any atom is -0.508 e. The Balaban J connectivity index is 1.35. The van der Waals surface area contributed by atoms with Crippen LogP contribution in [0, 0.1) is 0 Å². The number of carboxylic acid groups (broad SMARTS) is 1. The number of rotatable bonds is 10. The van der Waals surface area contributed by atoms with Gasteiger partial charge in [-0.05, 0) is 85.6 Å². The van der Waals surface area contributed by atoms with Gasteiger partial charge in [-0.3, -0.25) is 14.4 Å². The van der Waals surface area contributed by atoms with Gasteiger partial charge >= 0.3 is 17.9 Å². The number of esters is 2. The first kappa shape index (κ1) is 38.3. The first-order valence-electron chi connectivity index (χ1n) is 17.3. The van der Waals surface area contributed by atoms with Gasteiger partial charge in [-0.1, -0.05) is 42.5 Å². The first-order valence-corrected chi connectivity index (χ1v) is 17.3. The van der Waals surface area contributed by atoms with E-state index in [-0.39, 0.29) is 42.3 Å². The molecule has 1 saturated heterocycles. The molecule has 2 atom stereocenters. The lowest BCUT2D eigenvalue weighted by Crippen LogP contribution is -2.51. The van der Waals surface area contributed by atoms with Crippen LogP contribution in [0.25, 0.3) is 0 Å². The van der Waals surface area contributed by atoms with Crippen LogP contribution in [0.3, 0.4) is 0 Å². The quantitative estimate of drug-likeness (QED) is 0.0705. The number of benzene rings is 5. The van der Waals surface area contributed by atoms with Crippen LogP contribution < -0.4 is 10.1 Å². The average Bonchev–Trinajstić information content (AvgIpc) is 3.39. The lowest BCUT2D eigenvalue weighted by atomic mass is 9.95. The highest BCUT2D eigenvalue weighted by atomic mass is 16.5. The maximum absolute atomic E-state index is 13.9. The molecule has 0 aromatic heterocycles. The van der Waals surface area contributed by atoms with Crippen LogP contribution in [-0.4, -0.2) is 86.1 Å². The van der Waals surface area contributed by atoms with E-state index in [2.05, 4.69) is 5.32 Å². The Hall–Kier alpha value is -7.48. The number of nitrogens with one attached hydrogen (secondary N) is 1. The second-order valence-electron chi connectivity index (χ2n) is 12.8. The van der Waals surface area contributed by atoms with Crippen LogP contribution in [0.4, 0.5) is 0 Å². The van der Waals surface area contributed by atoms with Crippen LogP contribution in [0.5, 0.6) is 23.0 Å². The van der Waals surface area contributed by atoms with Crippen molar-refractivity contribution in [2.24, 2.45) is 0 Å². The van der Waals surface area contributed by atoms with Crippen molar-refractivity contribution in [3.05, 3.63) is 154 Å². The van der Waals surface area contributed by atoms with E-state index in [4.69, 9.17) is 9.47 Å². The minimum absolute atomic E-state index is 0.0347. The average molecular weight is 759 g/mol. The van der Waals surface area contributed by atoms with Crippen LogP contribution in [0.15, 0.2) is 115 Å². The van der Waals surface area contributed by atoms with E-state index >= 15 is 0 Å². The zero-order chi connectivity index (χ0) is 39.9. The van der Waals surface area contributed by atoms with Gasteiger partial charge in [0.1, 0.15) is 34.7 Å². The number of carbonyl (C=O) groups excluding carboxylic acids is 5. The fourth-order valence-corrected chi connectivity index (χ4v) is 6.27. The molecule has 0 spiro atoms. The Kier molecular flexibility index (Phi) is 11.4. The third-order valence-corrected chi connectivity index (χ3v) is 9.05. The molecule has 284 valence electrons. The lowest BCUT2D eigenvalue weighted by Gasteiger charge is -2.29. The normalized spacial score (nSPS) is 15.2. The van der Waals surface area contributed by atoms with Gasteiger partial charge in [0, 0.05) is 24.2 Å². The summed E-state index contributed by atoms with van der Waals surface area (Å²) in [6.07, 6.45) is -0.517. The standard InChI is InChI=1S/C42H34N2O12/c45-28-18-16-24(17-19-28)38(49)43-30-23-44(39(50)25-9-3-1-4-10-25)20-8-15-33(30)55-42(54)27-21-32(47)36(34(22-27)56-41(53)26-11-5-2-6-12-26)37(48)35-29(40(51)52)13-7-14-31(35)46/h1-7,9-14,16-19,21-22,30,33,45-47H,8,15,20,23H2,(H,43,49)(H,51,52)/t30-,33-/m1/s1. The molecule has 1 fully saturated rings. The minimum atomic E-state index is -1.56. The number of amides is 2. The fraction of sp³-hybridized carbons (Fsp3) is 0.143. The number of hydrogen-bond acceptors (Lipinski definition) is 11. The van der Waals surface area contributed by atoms with Gasteiger partial charge in [-0.15, -0.1) is 0 Å². The van der Waals surface area contributed by atoms with Gasteiger partial charge in [-0.25, -0.2) is 14.4 Å². The molecule has 5 aromatic carbocycles. The second kappa shape index (κ2) is 16.7. The van der Waals surface area contributed by atoms with E-state index in [1.807, 2.05) is 0 Å². The molecule has 0 bridgehead atoms. The van der Waals surface area contributed by atoms with E-state index in [0.717, 1.165) is 24.3 Å². The summed E-state index contributed by atoms with van der Waals surface area (Å²) in [6.45, 7) is 0.190. The lowest BCUT2D eigenvalue weighted by molar-refractivity contribution is 0.0176. The fourth-order valence-electron chi connectivity index (χ4n) is 6.27. The van der Waals surface area contributed by atoms with E-state index in [9.17, 15) is 49.2 Å². The maximum atomic E-state index is 13.9. The number of aromatic hydroxyl groups is 3. The molecule has 6 rings (SSSR count). The number of carbonyl (C=O) groups is 6. The SMILES string of the molecule is O=C(N[C@@H]1CN(C(=O)c2ccccc2)CCC[C@H]1OC(=O)c1cc(O)c(C(=O)c2c(O)cccc2C(=O)O)c(OC(=O)c2ccccc2)c1)c1ccc(O)cc1. The number of ether oxygens (including phenoxy) is 2. The third-order valence-electron chi connectivity index (χ3n) is 9.05. The van der Waals surface area contributed by atoms with E-state index < -0.39 is 81.2 Å². The zero-order valence-corrected chi connectivity index (χ0v) is 29.5. The number of ketones is 1. The van der Waals surface area contributed by atoms with Gasteiger partial charge in [0.25, 0.3) is 11.8 Å². The summed E-state index contributed by atoms with van der Waals surface area (Å²) in [5.74, 6) is -8.08. The maximum Gasteiger partial charge on any atom is 0.343 e. The van der Waals surface area contributed by atoms with Crippen molar-refractivity contribution in [3.63, 3.8) is 0 Å². The molecule has 14 heteroatoms. The van der Waals surface area contributed by atoms with Crippen LogP contribution in [-0.2, 0) is 4.74 Å². The highest BCUT2D eigenvalue weighted by molar-refractivity contribution is 6.19. The topological polar surface area (TPSA) is 217 Å². The second-order valence-corrected chi connectivity index (χ2v) is 12.8. The zero-order valence-electron chi connectivity index (χ0n) is 29.5. The van der Waals surface area contributed by atoms with Crippen LogP contribution in [0.2, 0.25) is 0 Å². The summed E-state index contributed by atoms with van der Waals surface area (Å²) in [7, 11) is 0. The molecular weight excluding hydrogens is 724 g/mol. The number of phenolic OH excluding ortho intramolecular Hbond substituents is 3. The predicted molar refractivity (Wildman–Crippen MR) is 198 cm³/mol. The molecule has 2 amide bonds. The van der Waals surface area contributed by atoms with Crippen molar-refractivity contribution < 1.29 is 58.7 Å². The summed E-state index contributed by atoms with van der Waals surface area (Å²) in [5.41, 5.74) is -1.80. The van der Waals surface area contributed by atoms with Crippen molar-refractivity contribution in [3.8, 4) is 23.0 Å². The highest BCUT2D eigenvalue weighted by Crippen LogP contribution is 2.36. The Morgan fingerprint density at radius 1 is 0.661 bits per heavy atom. The number of hydrogen-bond donors (Lipinski definition) is 5. The van der Waals surface area contributed by atoms with Gasteiger partial charge in [-0.2, -0.15) is 0 Å². The van der Waals surface area contributed by atoms with Crippen molar-refractivity contribution in [1.82, 2.24) is 10.2 Å². The molecule has 0 radical (unpaired) electrons. The summed E-state index contributed by atoms with van der Waals surface area (Å²) >= 11 is 0. The summed E-state index contributed by atoms with van der Waals surface area (Å²) in [6, 6.07) is 25.7. The number of aromatic carboxylic acids is 1. The molecule has 56 heavy (non-hydrogen) atoms. The predicted octanol–water partition coefficient (Wildman–Crippen LogP) is 5.21. The molecular formula is C42H34N2O12. The van der Waals surface area contributed by atoms with E-state index in [1.54, 1.807) is 48.5 Å². The number of likely N-dealkylation sites (tertiary alicyclic amines) is 1. The Bertz CT molecular complexity index is 2310. The van der Waals surface area contributed by atoms with E-state index in [0.29, 0.717) is 12.0 Å². The van der Waals surface area contributed by atoms with Gasteiger partial charge < -0.3 is 40.1 Å². The molecule has 5 aromatic rings. The Morgan fingerprint density at radius 3 is 1.98 bits per heavy atom. The summed E-state index contributed by atoms with van der Waals surface area (Å²) in [5, 5.41) is 44.1.